The topological polar surface area (TPSA) is 76.1 Å². The molecule has 0 aliphatic rings. The third-order valence-corrected chi connectivity index (χ3v) is 3.55. The number of carbonyl (C=O) groups excluding carboxylic acids is 1. The highest BCUT2D eigenvalue weighted by Crippen LogP contribution is 2.23. The van der Waals surface area contributed by atoms with Crippen LogP contribution in [0.5, 0.6) is 5.75 Å². The van der Waals surface area contributed by atoms with Gasteiger partial charge in [0.15, 0.2) is 0 Å². The van der Waals surface area contributed by atoms with Crippen LogP contribution in [0.15, 0.2) is 67.0 Å². The Balaban J connectivity index is 1.69. The Morgan fingerprint density at radius 2 is 1.88 bits per heavy atom. The first-order valence-electron chi connectivity index (χ1n) is 7.80. The largest absolute Gasteiger partial charge is 0.495 e. The van der Waals surface area contributed by atoms with Crippen LogP contribution >= 0.6 is 0 Å². The molecule has 3 rings (SSSR count). The standard InChI is InChI=1S/C19H18N4O2/c1-25-18-8-3-2-7-16(18)23-19(24)17-12-14(9-11-21-17)22-13-15-6-4-5-10-20-15/h2-12H,13H2,1H3,(H,21,22)(H,23,24). The number of benzene rings is 1. The third-order valence-electron chi connectivity index (χ3n) is 3.55. The zero-order valence-electron chi connectivity index (χ0n) is 13.8. The van der Waals surface area contributed by atoms with Crippen molar-refractivity contribution >= 4 is 17.3 Å². The lowest BCUT2D eigenvalue weighted by Gasteiger charge is -2.10. The monoisotopic (exact) mass is 334 g/mol. The molecular weight excluding hydrogens is 316 g/mol. The van der Waals surface area contributed by atoms with Crippen molar-refractivity contribution in [2.24, 2.45) is 0 Å². The van der Waals surface area contributed by atoms with Crippen molar-refractivity contribution in [3.63, 3.8) is 0 Å². The van der Waals surface area contributed by atoms with Gasteiger partial charge in [-0.3, -0.25) is 14.8 Å². The minimum absolute atomic E-state index is 0.300. The molecule has 2 aromatic heterocycles. The molecule has 0 spiro atoms. The first-order chi connectivity index (χ1) is 12.3. The molecule has 0 aliphatic heterocycles. The lowest BCUT2D eigenvalue weighted by atomic mass is 10.2. The molecule has 25 heavy (non-hydrogen) atoms. The van der Waals surface area contributed by atoms with Gasteiger partial charge in [0.2, 0.25) is 0 Å². The number of methoxy groups -OCH3 is 1. The number of amides is 1. The molecule has 2 N–H and O–H groups in total. The van der Waals surface area contributed by atoms with Gasteiger partial charge in [-0.2, -0.15) is 0 Å². The van der Waals surface area contributed by atoms with E-state index in [-0.39, 0.29) is 5.91 Å². The molecule has 6 nitrogen and oxygen atoms in total. The molecular formula is C19H18N4O2. The van der Waals surface area contributed by atoms with Crippen LogP contribution in [0.2, 0.25) is 0 Å². The Bertz CT molecular complexity index is 853. The summed E-state index contributed by atoms with van der Waals surface area (Å²) < 4.78 is 5.24. The molecule has 0 saturated heterocycles. The fourth-order valence-corrected chi connectivity index (χ4v) is 2.29. The number of pyridine rings is 2. The van der Waals surface area contributed by atoms with Gasteiger partial charge in [-0.05, 0) is 36.4 Å². The Hall–Kier alpha value is -3.41. The highest BCUT2D eigenvalue weighted by Gasteiger charge is 2.11. The first kappa shape index (κ1) is 16.4. The Kier molecular flexibility index (Phi) is 5.21. The molecule has 0 aliphatic carbocycles. The lowest BCUT2D eigenvalue weighted by Crippen LogP contribution is -2.14. The molecule has 3 aromatic rings. The van der Waals surface area contributed by atoms with Crippen LogP contribution < -0.4 is 15.4 Å². The van der Waals surface area contributed by atoms with Crippen molar-refractivity contribution in [3.05, 3.63) is 78.4 Å². The fourth-order valence-electron chi connectivity index (χ4n) is 2.29. The van der Waals surface area contributed by atoms with Crippen LogP contribution in [0.25, 0.3) is 0 Å². The highest BCUT2D eigenvalue weighted by molar-refractivity contribution is 6.04. The summed E-state index contributed by atoms with van der Waals surface area (Å²) in [6.45, 7) is 0.568. The Labute approximate surface area is 145 Å². The second-order valence-electron chi connectivity index (χ2n) is 5.26. The van der Waals surface area contributed by atoms with Gasteiger partial charge in [0.1, 0.15) is 11.4 Å². The van der Waals surface area contributed by atoms with E-state index >= 15 is 0 Å². The van der Waals surface area contributed by atoms with Crippen molar-refractivity contribution in [3.8, 4) is 5.75 Å². The van der Waals surface area contributed by atoms with Crippen molar-refractivity contribution < 1.29 is 9.53 Å². The van der Waals surface area contributed by atoms with Crippen molar-refractivity contribution in [1.82, 2.24) is 9.97 Å². The molecule has 2 heterocycles. The van der Waals surface area contributed by atoms with Gasteiger partial charge in [0.25, 0.3) is 5.91 Å². The second-order valence-corrected chi connectivity index (χ2v) is 5.26. The zero-order valence-corrected chi connectivity index (χ0v) is 13.8. The average molecular weight is 334 g/mol. The van der Waals surface area contributed by atoms with E-state index in [9.17, 15) is 4.79 Å². The average Bonchev–Trinajstić information content (AvgIpc) is 2.68. The normalized spacial score (nSPS) is 10.1. The Morgan fingerprint density at radius 3 is 2.68 bits per heavy atom. The summed E-state index contributed by atoms with van der Waals surface area (Å²) in [4.78, 5) is 20.8. The third kappa shape index (κ3) is 4.32. The number of nitrogens with zero attached hydrogens (tertiary/aromatic N) is 2. The maximum absolute atomic E-state index is 12.4. The smallest absolute Gasteiger partial charge is 0.274 e. The molecule has 0 radical (unpaired) electrons. The molecule has 0 fully saturated rings. The van der Waals surface area contributed by atoms with Gasteiger partial charge in [0.05, 0.1) is 25.0 Å². The molecule has 1 amide bonds. The number of para-hydroxylation sites is 2. The lowest BCUT2D eigenvalue weighted by molar-refractivity contribution is 0.102. The van der Waals surface area contributed by atoms with Crippen LogP contribution in [-0.4, -0.2) is 23.0 Å². The van der Waals surface area contributed by atoms with E-state index in [0.29, 0.717) is 23.7 Å². The highest BCUT2D eigenvalue weighted by atomic mass is 16.5. The van der Waals surface area contributed by atoms with Gasteiger partial charge < -0.3 is 15.4 Å². The van der Waals surface area contributed by atoms with Gasteiger partial charge in [-0.25, -0.2) is 0 Å². The molecule has 0 unspecified atom stereocenters. The quantitative estimate of drug-likeness (QED) is 0.723. The van der Waals surface area contributed by atoms with E-state index in [0.717, 1.165) is 11.4 Å². The van der Waals surface area contributed by atoms with Crippen LogP contribution in [0, 0.1) is 0 Å². The van der Waals surface area contributed by atoms with Crippen LogP contribution in [0.4, 0.5) is 11.4 Å². The minimum Gasteiger partial charge on any atom is -0.495 e. The van der Waals surface area contributed by atoms with E-state index in [1.807, 2.05) is 36.4 Å². The number of aromatic nitrogens is 2. The van der Waals surface area contributed by atoms with E-state index in [1.165, 1.54) is 0 Å². The first-order valence-corrected chi connectivity index (χ1v) is 7.80. The number of hydrogen-bond donors (Lipinski definition) is 2. The van der Waals surface area contributed by atoms with E-state index in [1.54, 1.807) is 37.7 Å². The second kappa shape index (κ2) is 7.92. The van der Waals surface area contributed by atoms with Gasteiger partial charge in [0, 0.05) is 18.1 Å². The summed E-state index contributed by atoms with van der Waals surface area (Å²) in [6, 6.07) is 16.5. The summed E-state index contributed by atoms with van der Waals surface area (Å²) in [5.74, 6) is 0.297. The van der Waals surface area contributed by atoms with Crippen molar-refractivity contribution in [2.75, 3.05) is 17.7 Å². The SMILES string of the molecule is COc1ccccc1NC(=O)c1cc(NCc2ccccn2)ccn1. The van der Waals surface area contributed by atoms with E-state index in [2.05, 4.69) is 20.6 Å². The molecule has 1 aromatic carbocycles. The van der Waals surface area contributed by atoms with E-state index in [4.69, 9.17) is 4.74 Å². The zero-order chi connectivity index (χ0) is 17.5. The number of rotatable bonds is 6. The predicted molar refractivity (Wildman–Crippen MR) is 96.7 cm³/mol. The number of nitrogens with one attached hydrogen (secondary N) is 2. The number of ether oxygens (including phenoxy) is 1. The number of anilines is 2. The summed E-state index contributed by atoms with van der Waals surface area (Å²) in [5.41, 5.74) is 2.63. The van der Waals surface area contributed by atoms with Crippen LogP contribution in [-0.2, 0) is 6.54 Å². The summed E-state index contributed by atoms with van der Waals surface area (Å²) in [5, 5.41) is 6.05. The van der Waals surface area contributed by atoms with Gasteiger partial charge in [-0.1, -0.05) is 18.2 Å². The summed E-state index contributed by atoms with van der Waals surface area (Å²) >= 11 is 0. The van der Waals surface area contributed by atoms with E-state index < -0.39 is 0 Å². The predicted octanol–water partition coefficient (Wildman–Crippen LogP) is 3.35. The van der Waals surface area contributed by atoms with Crippen LogP contribution in [0.1, 0.15) is 16.2 Å². The molecule has 0 bridgehead atoms. The summed E-state index contributed by atoms with van der Waals surface area (Å²) in [6.07, 6.45) is 3.34. The molecule has 0 atom stereocenters. The van der Waals surface area contributed by atoms with Crippen molar-refractivity contribution in [2.45, 2.75) is 6.54 Å². The maximum atomic E-state index is 12.4. The Morgan fingerprint density at radius 1 is 1.04 bits per heavy atom. The fraction of sp³-hybridized carbons (Fsp3) is 0.105. The number of carbonyl (C=O) groups is 1. The number of hydrogen-bond acceptors (Lipinski definition) is 5. The van der Waals surface area contributed by atoms with Crippen LogP contribution in [0.3, 0.4) is 0 Å². The maximum Gasteiger partial charge on any atom is 0.274 e. The molecule has 126 valence electrons. The van der Waals surface area contributed by atoms with Gasteiger partial charge >= 0.3 is 0 Å². The van der Waals surface area contributed by atoms with Gasteiger partial charge in [-0.15, -0.1) is 0 Å². The summed E-state index contributed by atoms with van der Waals surface area (Å²) in [7, 11) is 1.56. The van der Waals surface area contributed by atoms with Crippen molar-refractivity contribution in [1.29, 1.82) is 0 Å². The molecule has 0 saturated carbocycles. The minimum atomic E-state index is -0.300. The molecule has 6 heteroatoms.